The minimum absolute atomic E-state index is 0.143. The summed E-state index contributed by atoms with van der Waals surface area (Å²) >= 11 is 0. The molecule has 21 heavy (non-hydrogen) atoms. The third kappa shape index (κ3) is 2.25. The summed E-state index contributed by atoms with van der Waals surface area (Å²) < 4.78 is 11.4. The Hall–Kier alpha value is -2.41. The summed E-state index contributed by atoms with van der Waals surface area (Å²) in [6, 6.07) is 1.89. The molecule has 7 heteroatoms. The number of aromatic amines is 2. The standard InChI is InChI=1S/C14H15N5O2/c1-4-15-14(21-10-2-5-20-6-3-10)12-11(1)18-19-13(12)9-7-16-17-8-9/h1,4,7-8,10H,2-3,5-6H2,(H,16,17)(H,18,19). The van der Waals surface area contributed by atoms with Gasteiger partial charge in [-0.05, 0) is 6.07 Å². The van der Waals surface area contributed by atoms with Gasteiger partial charge in [-0.15, -0.1) is 0 Å². The number of nitrogens with one attached hydrogen (secondary N) is 2. The van der Waals surface area contributed by atoms with E-state index in [1.54, 1.807) is 18.6 Å². The molecular formula is C14H15N5O2. The first-order valence-electron chi connectivity index (χ1n) is 6.98. The number of aromatic nitrogens is 5. The van der Waals surface area contributed by atoms with Gasteiger partial charge in [0.25, 0.3) is 0 Å². The second-order valence-electron chi connectivity index (χ2n) is 5.03. The van der Waals surface area contributed by atoms with Gasteiger partial charge in [0, 0.05) is 30.8 Å². The van der Waals surface area contributed by atoms with Crippen LogP contribution in [0.5, 0.6) is 5.88 Å². The third-order valence-corrected chi connectivity index (χ3v) is 3.66. The fourth-order valence-corrected chi connectivity index (χ4v) is 2.57. The van der Waals surface area contributed by atoms with Crippen LogP contribution in [0.2, 0.25) is 0 Å². The molecule has 1 saturated heterocycles. The summed E-state index contributed by atoms with van der Waals surface area (Å²) in [5.74, 6) is 0.615. The molecule has 108 valence electrons. The maximum absolute atomic E-state index is 6.08. The van der Waals surface area contributed by atoms with Gasteiger partial charge < -0.3 is 9.47 Å². The highest BCUT2D eigenvalue weighted by molar-refractivity contribution is 5.96. The molecule has 3 aromatic rings. The molecule has 0 saturated carbocycles. The Balaban J connectivity index is 1.75. The highest BCUT2D eigenvalue weighted by Crippen LogP contribution is 2.32. The number of ether oxygens (including phenoxy) is 2. The van der Waals surface area contributed by atoms with E-state index in [-0.39, 0.29) is 6.10 Å². The van der Waals surface area contributed by atoms with Gasteiger partial charge in [-0.3, -0.25) is 10.2 Å². The highest BCUT2D eigenvalue weighted by atomic mass is 16.5. The van der Waals surface area contributed by atoms with Crippen molar-refractivity contribution in [2.45, 2.75) is 18.9 Å². The van der Waals surface area contributed by atoms with E-state index in [0.717, 1.165) is 48.2 Å². The molecule has 2 N–H and O–H groups in total. The average Bonchev–Trinajstić information content (AvgIpc) is 3.17. The third-order valence-electron chi connectivity index (χ3n) is 3.66. The van der Waals surface area contributed by atoms with E-state index >= 15 is 0 Å². The van der Waals surface area contributed by atoms with Gasteiger partial charge in [0.15, 0.2) is 0 Å². The predicted molar refractivity (Wildman–Crippen MR) is 75.9 cm³/mol. The zero-order valence-corrected chi connectivity index (χ0v) is 11.4. The van der Waals surface area contributed by atoms with E-state index in [1.807, 2.05) is 6.07 Å². The van der Waals surface area contributed by atoms with E-state index in [4.69, 9.17) is 9.47 Å². The first kappa shape index (κ1) is 12.3. The van der Waals surface area contributed by atoms with Crippen molar-refractivity contribution in [2.24, 2.45) is 0 Å². The van der Waals surface area contributed by atoms with Crippen LogP contribution in [-0.4, -0.2) is 44.7 Å². The van der Waals surface area contributed by atoms with Crippen molar-refractivity contribution in [1.29, 1.82) is 0 Å². The quantitative estimate of drug-likeness (QED) is 0.767. The molecule has 1 aliphatic heterocycles. The number of rotatable bonds is 3. The summed E-state index contributed by atoms with van der Waals surface area (Å²) in [4.78, 5) is 4.39. The first-order chi connectivity index (χ1) is 10.4. The van der Waals surface area contributed by atoms with Crippen molar-refractivity contribution in [3.8, 4) is 17.1 Å². The normalized spacial score (nSPS) is 16.4. The van der Waals surface area contributed by atoms with Gasteiger partial charge in [-0.2, -0.15) is 10.2 Å². The summed E-state index contributed by atoms with van der Waals surface area (Å²) in [6.07, 6.45) is 7.19. The number of nitrogens with zero attached hydrogens (tertiary/aromatic N) is 3. The fourth-order valence-electron chi connectivity index (χ4n) is 2.57. The van der Waals surface area contributed by atoms with Gasteiger partial charge in [0.1, 0.15) is 11.8 Å². The molecule has 0 radical (unpaired) electrons. The molecule has 7 nitrogen and oxygen atoms in total. The molecule has 0 atom stereocenters. The summed E-state index contributed by atoms with van der Waals surface area (Å²) in [5.41, 5.74) is 2.61. The van der Waals surface area contributed by atoms with Crippen molar-refractivity contribution in [3.63, 3.8) is 0 Å². The molecule has 0 unspecified atom stereocenters. The Labute approximate surface area is 120 Å². The van der Waals surface area contributed by atoms with Crippen molar-refractivity contribution < 1.29 is 9.47 Å². The lowest BCUT2D eigenvalue weighted by Crippen LogP contribution is -2.26. The SMILES string of the molecule is c1cc2[nH]nc(-c3cn[nH]c3)c2c(OC2CCOCC2)n1. The van der Waals surface area contributed by atoms with Crippen LogP contribution < -0.4 is 4.74 Å². The van der Waals surface area contributed by atoms with Gasteiger partial charge in [0.05, 0.1) is 30.3 Å². The largest absolute Gasteiger partial charge is 0.474 e. The summed E-state index contributed by atoms with van der Waals surface area (Å²) in [5, 5.41) is 15.0. The monoisotopic (exact) mass is 285 g/mol. The van der Waals surface area contributed by atoms with Crippen molar-refractivity contribution in [1.82, 2.24) is 25.4 Å². The van der Waals surface area contributed by atoms with Crippen LogP contribution >= 0.6 is 0 Å². The number of H-pyrrole nitrogens is 2. The molecule has 0 aliphatic carbocycles. The predicted octanol–water partition coefficient (Wildman–Crippen LogP) is 1.91. The van der Waals surface area contributed by atoms with E-state index in [9.17, 15) is 0 Å². The molecule has 0 bridgehead atoms. The Bertz CT molecular complexity index is 731. The van der Waals surface area contributed by atoms with Crippen LogP contribution in [0.4, 0.5) is 0 Å². The molecular weight excluding hydrogens is 270 g/mol. The van der Waals surface area contributed by atoms with Gasteiger partial charge in [0.2, 0.25) is 5.88 Å². The number of pyridine rings is 1. The average molecular weight is 285 g/mol. The van der Waals surface area contributed by atoms with E-state index < -0.39 is 0 Å². The zero-order valence-electron chi connectivity index (χ0n) is 11.4. The number of hydrogen-bond donors (Lipinski definition) is 2. The maximum atomic E-state index is 6.08. The number of hydrogen-bond acceptors (Lipinski definition) is 5. The zero-order chi connectivity index (χ0) is 14.1. The molecule has 3 aromatic heterocycles. The Morgan fingerprint density at radius 1 is 1.29 bits per heavy atom. The molecule has 1 fully saturated rings. The van der Waals surface area contributed by atoms with Gasteiger partial charge >= 0.3 is 0 Å². The van der Waals surface area contributed by atoms with Crippen LogP contribution in [0.25, 0.3) is 22.2 Å². The van der Waals surface area contributed by atoms with Crippen LogP contribution in [0.15, 0.2) is 24.7 Å². The number of fused-ring (bicyclic) bond motifs is 1. The summed E-state index contributed by atoms with van der Waals surface area (Å²) in [6.45, 7) is 1.47. The lowest BCUT2D eigenvalue weighted by atomic mass is 10.1. The second-order valence-corrected chi connectivity index (χ2v) is 5.03. The van der Waals surface area contributed by atoms with Crippen LogP contribution in [0, 0.1) is 0 Å². The van der Waals surface area contributed by atoms with Gasteiger partial charge in [-0.25, -0.2) is 4.98 Å². The van der Waals surface area contributed by atoms with E-state index in [2.05, 4.69) is 25.4 Å². The van der Waals surface area contributed by atoms with Crippen molar-refractivity contribution >= 4 is 10.9 Å². The van der Waals surface area contributed by atoms with E-state index in [1.165, 1.54) is 0 Å². The van der Waals surface area contributed by atoms with Gasteiger partial charge in [-0.1, -0.05) is 0 Å². The molecule has 4 rings (SSSR count). The first-order valence-corrected chi connectivity index (χ1v) is 6.98. The minimum atomic E-state index is 0.143. The Morgan fingerprint density at radius 3 is 3.00 bits per heavy atom. The Kier molecular flexibility index (Phi) is 3.04. The second kappa shape index (κ2) is 5.17. The van der Waals surface area contributed by atoms with E-state index in [0.29, 0.717) is 5.88 Å². The summed E-state index contributed by atoms with van der Waals surface area (Å²) in [7, 11) is 0. The smallest absolute Gasteiger partial charge is 0.225 e. The minimum Gasteiger partial charge on any atom is -0.474 e. The van der Waals surface area contributed by atoms with Crippen molar-refractivity contribution in [2.75, 3.05) is 13.2 Å². The lowest BCUT2D eigenvalue weighted by Gasteiger charge is -2.23. The maximum Gasteiger partial charge on any atom is 0.225 e. The van der Waals surface area contributed by atoms with Crippen LogP contribution in [0.1, 0.15) is 12.8 Å². The molecule has 1 aliphatic rings. The van der Waals surface area contributed by atoms with Crippen LogP contribution in [0.3, 0.4) is 0 Å². The molecule has 4 heterocycles. The molecule has 0 spiro atoms. The lowest BCUT2D eigenvalue weighted by molar-refractivity contribution is 0.0244. The molecule has 0 amide bonds. The molecule has 0 aromatic carbocycles. The topological polar surface area (TPSA) is 88.7 Å². The van der Waals surface area contributed by atoms with Crippen LogP contribution in [-0.2, 0) is 4.74 Å². The van der Waals surface area contributed by atoms with Crippen molar-refractivity contribution in [3.05, 3.63) is 24.7 Å². The fraction of sp³-hybridized carbons (Fsp3) is 0.357. The highest BCUT2D eigenvalue weighted by Gasteiger charge is 2.20. The Morgan fingerprint density at radius 2 is 2.19 bits per heavy atom.